The van der Waals surface area contributed by atoms with E-state index >= 15 is 0 Å². The Kier molecular flexibility index (Phi) is 4.76. The van der Waals surface area contributed by atoms with Crippen molar-refractivity contribution in [3.63, 3.8) is 0 Å². The van der Waals surface area contributed by atoms with Gasteiger partial charge in [-0.05, 0) is 52.2 Å². The summed E-state index contributed by atoms with van der Waals surface area (Å²) in [6.45, 7) is 8.07. The van der Waals surface area contributed by atoms with Crippen molar-refractivity contribution in [2.75, 3.05) is 5.75 Å². The summed E-state index contributed by atoms with van der Waals surface area (Å²) in [6, 6.07) is 2.60. The summed E-state index contributed by atoms with van der Waals surface area (Å²) >= 11 is 3.05. The number of Topliss-reactive ketones (excluding diaryl/α,β-unsaturated/α-hetero) is 1. The Morgan fingerprint density at radius 1 is 1.33 bits per heavy atom. The molecule has 4 rings (SSSR count). The molecule has 0 aliphatic heterocycles. The van der Waals surface area contributed by atoms with Crippen molar-refractivity contribution in [2.24, 2.45) is 0 Å². The smallest absolute Gasteiger partial charge is 0.259 e. The number of carbonyl (C=O) groups excluding carboxylic acids is 1. The fraction of sp³-hybridized carbons (Fsp3) is 0.450. The van der Waals surface area contributed by atoms with Gasteiger partial charge in [-0.25, -0.2) is 4.98 Å². The lowest BCUT2D eigenvalue weighted by atomic mass is 10.2. The monoisotopic (exact) mass is 401 g/mol. The zero-order valence-electron chi connectivity index (χ0n) is 16.0. The molecule has 27 heavy (non-hydrogen) atoms. The number of nitrogens with one attached hydrogen (secondary N) is 1. The summed E-state index contributed by atoms with van der Waals surface area (Å²) in [7, 11) is 0. The third-order valence-electron chi connectivity index (χ3n) is 5.26. The number of ketones is 1. The summed E-state index contributed by atoms with van der Waals surface area (Å²) in [4.78, 5) is 34.4. The van der Waals surface area contributed by atoms with Crippen molar-refractivity contribution in [2.45, 2.75) is 52.3 Å². The number of hydrogen-bond donors (Lipinski definition) is 1. The standard InChI is InChI=1S/C20H23N3O2S2/c1-10-7-15(12(3)23(10)14-5-6-14)16(24)8-26-9-17-21-19(25)18-11(2)13(4)27-20(18)22-17/h7,14H,5-6,8-9H2,1-4H3,(H,21,22,25). The van der Waals surface area contributed by atoms with Crippen LogP contribution in [0.4, 0.5) is 0 Å². The Morgan fingerprint density at radius 2 is 2.07 bits per heavy atom. The van der Waals surface area contributed by atoms with Gasteiger partial charge in [-0.3, -0.25) is 9.59 Å². The van der Waals surface area contributed by atoms with Crippen LogP contribution in [0.5, 0.6) is 0 Å². The number of aryl methyl sites for hydroxylation is 3. The molecule has 1 aliphatic rings. The minimum Gasteiger partial charge on any atom is -0.345 e. The van der Waals surface area contributed by atoms with Gasteiger partial charge in [0.2, 0.25) is 0 Å². The zero-order chi connectivity index (χ0) is 19.3. The summed E-state index contributed by atoms with van der Waals surface area (Å²) in [5, 5.41) is 0.690. The maximum Gasteiger partial charge on any atom is 0.259 e. The van der Waals surface area contributed by atoms with Crippen LogP contribution in [-0.4, -0.2) is 26.1 Å². The number of nitrogens with zero attached hydrogens (tertiary/aromatic N) is 2. The lowest BCUT2D eigenvalue weighted by Crippen LogP contribution is -2.11. The van der Waals surface area contributed by atoms with Gasteiger partial charge in [0.05, 0.1) is 16.9 Å². The molecule has 7 heteroatoms. The number of fused-ring (bicyclic) bond motifs is 1. The summed E-state index contributed by atoms with van der Waals surface area (Å²) in [5.74, 6) is 1.69. The summed E-state index contributed by atoms with van der Waals surface area (Å²) in [5.41, 5.74) is 4.00. The van der Waals surface area contributed by atoms with E-state index in [2.05, 4.69) is 21.5 Å². The second-order valence-corrected chi connectivity index (χ2v) is 9.47. The van der Waals surface area contributed by atoms with Gasteiger partial charge in [0.25, 0.3) is 5.56 Å². The predicted octanol–water partition coefficient (Wildman–Crippen LogP) is 4.47. The molecule has 0 unspecified atom stereocenters. The highest BCUT2D eigenvalue weighted by Crippen LogP contribution is 2.38. The molecular weight excluding hydrogens is 378 g/mol. The first kappa shape index (κ1) is 18.5. The molecule has 1 N–H and O–H groups in total. The number of rotatable bonds is 6. The largest absolute Gasteiger partial charge is 0.345 e. The molecule has 0 amide bonds. The van der Waals surface area contributed by atoms with E-state index in [1.165, 1.54) is 30.3 Å². The Bertz CT molecular complexity index is 1100. The van der Waals surface area contributed by atoms with Gasteiger partial charge >= 0.3 is 0 Å². The molecule has 0 atom stereocenters. The van der Waals surface area contributed by atoms with E-state index in [1.807, 2.05) is 26.8 Å². The van der Waals surface area contributed by atoms with E-state index in [1.54, 1.807) is 11.3 Å². The number of thioether (sulfide) groups is 1. The lowest BCUT2D eigenvalue weighted by molar-refractivity contribution is 0.102. The van der Waals surface area contributed by atoms with Crippen LogP contribution >= 0.6 is 23.1 Å². The van der Waals surface area contributed by atoms with Crippen LogP contribution in [-0.2, 0) is 5.75 Å². The number of hydrogen-bond acceptors (Lipinski definition) is 5. The van der Waals surface area contributed by atoms with Gasteiger partial charge in [-0.15, -0.1) is 23.1 Å². The van der Waals surface area contributed by atoms with Crippen molar-refractivity contribution in [3.8, 4) is 0 Å². The van der Waals surface area contributed by atoms with Crippen LogP contribution in [0.25, 0.3) is 10.2 Å². The molecule has 0 aromatic carbocycles. The fourth-order valence-corrected chi connectivity index (χ4v) is 5.46. The first-order valence-corrected chi connectivity index (χ1v) is 11.1. The maximum absolute atomic E-state index is 12.7. The average Bonchev–Trinajstić information content (AvgIpc) is 3.33. The SMILES string of the molecule is Cc1sc2nc(CSCC(=O)c3cc(C)n(C4CC4)c3C)[nH]c(=O)c2c1C. The first-order chi connectivity index (χ1) is 12.9. The second kappa shape index (κ2) is 6.95. The van der Waals surface area contributed by atoms with Gasteiger partial charge in [-0.2, -0.15) is 0 Å². The molecule has 3 aromatic heterocycles. The molecule has 0 saturated heterocycles. The van der Waals surface area contributed by atoms with Crippen LogP contribution in [0.3, 0.4) is 0 Å². The van der Waals surface area contributed by atoms with Crippen LogP contribution in [0.1, 0.15) is 56.9 Å². The lowest BCUT2D eigenvalue weighted by Gasteiger charge is -2.07. The highest BCUT2D eigenvalue weighted by atomic mass is 32.2. The topological polar surface area (TPSA) is 67.8 Å². The molecule has 0 spiro atoms. The molecule has 1 fully saturated rings. The minimum atomic E-state index is -0.0863. The van der Waals surface area contributed by atoms with E-state index in [4.69, 9.17) is 0 Å². The third-order valence-corrected chi connectivity index (χ3v) is 7.30. The number of carbonyl (C=O) groups is 1. The number of thiophene rings is 1. The van der Waals surface area contributed by atoms with Crippen molar-refractivity contribution in [1.29, 1.82) is 0 Å². The van der Waals surface area contributed by atoms with E-state index < -0.39 is 0 Å². The quantitative estimate of drug-likeness (QED) is 0.619. The second-order valence-electron chi connectivity index (χ2n) is 7.28. The van der Waals surface area contributed by atoms with Gasteiger partial charge in [-0.1, -0.05) is 0 Å². The third kappa shape index (κ3) is 3.38. The van der Waals surface area contributed by atoms with E-state index in [9.17, 15) is 9.59 Å². The molecule has 142 valence electrons. The molecule has 0 bridgehead atoms. The average molecular weight is 402 g/mol. The van der Waals surface area contributed by atoms with Crippen molar-refractivity contribution < 1.29 is 4.79 Å². The Hall–Kier alpha value is -1.86. The molecule has 1 aliphatic carbocycles. The highest BCUT2D eigenvalue weighted by Gasteiger charge is 2.28. The number of H-pyrrole nitrogens is 1. The van der Waals surface area contributed by atoms with E-state index in [0.717, 1.165) is 26.5 Å². The Balaban J connectivity index is 1.45. The predicted molar refractivity (Wildman–Crippen MR) is 112 cm³/mol. The molecule has 3 aromatic rings. The fourth-order valence-electron chi connectivity index (χ4n) is 3.64. The summed E-state index contributed by atoms with van der Waals surface area (Å²) in [6.07, 6.45) is 2.42. The van der Waals surface area contributed by atoms with Gasteiger partial charge in [0, 0.05) is 27.9 Å². The molecule has 0 radical (unpaired) electrons. The Labute approximate surface area is 166 Å². The number of aromatic amines is 1. The summed E-state index contributed by atoms with van der Waals surface area (Å²) < 4.78 is 2.30. The van der Waals surface area contributed by atoms with Crippen LogP contribution < -0.4 is 5.56 Å². The van der Waals surface area contributed by atoms with Gasteiger partial charge < -0.3 is 9.55 Å². The molecular formula is C20H23N3O2S2. The van der Waals surface area contributed by atoms with Crippen LogP contribution in [0.2, 0.25) is 0 Å². The maximum atomic E-state index is 12.7. The highest BCUT2D eigenvalue weighted by molar-refractivity contribution is 7.99. The van der Waals surface area contributed by atoms with Crippen molar-refractivity contribution in [3.05, 3.63) is 49.6 Å². The zero-order valence-corrected chi connectivity index (χ0v) is 17.6. The first-order valence-electron chi connectivity index (χ1n) is 9.15. The number of aromatic nitrogens is 3. The van der Waals surface area contributed by atoms with Crippen molar-refractivity contribution >= 4 is 39.1 Å². The Morgan fingerprint density at radius 3 is 2.78 bits per heavy atom. The molecule has 5 nitrogen and oxygen atoms in total. The van der Waals surface area contributed by atoms with Crippen molar-refractivity contribution in [1.82, 2.24) is 14.5 Å². The minimum absolute atomic E-state index is 0.0863. The van der Waals surface area contributed by atoms with E-state index in [0.29, 0.717) is 28.8 Å². The van der Waals surface area contributed by atoms with Crippen LogP contribution in [0, 0.1) is 27.7 Å². The van der Waals surface area contributed by atoms with E-state index in [-0.39, 0.29) is 11.3 Å². The van der Waals surface area contributed by atoms with Gasteiger partial charge in [0.1, 0.15) is 10.7 Å². The van der Waals surface area contributed by atoms with Crippen LogP contribution in [0.15, 0.2) is 10.9 Å². The molecule has 1 saturated carbocycles. The normalized spacial score (nSPS) is 14.2. The molecule has 3 heterocycles. The van der Waals surface area contributed by atoms with Gasteiger partial charge in [0.15, 0.2) is 5.78 Å².